The number of benzene rings is 1. The van der Waals surface area contributed by atoms with Gasteiger partial charge in [0.25, 0.3) is 0 Å². The number of hydrazone groups is 1. The second-order valence-electron chi connectivity index (χ2n) is 3.16. The zero-order valence-electron chi connectivity index (χ0n) is 8.03. The Bertz CT molecular complexity index is 414. The molecule has 1 aliphatic heterocycles. The summed E-state index contributed by atoms with van der Waals surface area (Å²) in [5.41, 5.74) is 3.95. The van der Waals surface area contributed by atoms with Crippen LogP contribution in [0.4, 0.5) is 4.79 Å². The molecule has 0 fully saturated rings. The largest absolute Gasteiger partial charge is 0.439 e. The number of carbonyl (C=O) groups excluding carboxylic acids is 1. The summed E-state index contributed by atoms with van der Waals surface area (Å²) in [7, 11) is 0. The van der Waals surface area contributed by atoms with Crippen LogP contribution in [0.3, 0.4) is 0 Å². The Labute approximate surface area is 95.4 Å². The predicted octanol–water partition coefficient (Wildman–Crippen LogP) is 2.28. The number of ether oxygens (including phenoxy) is 1. The molecule has 1 amide bonds. The lowest BCUT2D eigenvalue weighted by Crippen LogP contribution is -2.37. The minimum atomic E-state index is -0.511. The third-order valence-corrected chi connectivity index (χ3v) is 2.61. The number of nitrogens with zero attached hydrogens (tertiary/aromatic N) is 1. The quantitative estimate of drug-likeness (QED) is 0.850. The molecule has 0 aliphatic carbocycles. The van der Waals surface area contributed by atoms with Crippen molar-refractivity contribution in [2.24, 2.45) is 5.10 Å². The van der Waals surface area contributed by atoms with Crippen LogP contribution in [-0.2, 0) is 4.74 Å². The Kier molecular flexibility index (Phi) is 2.73. The molecule has 1 N–H and O–H groups in total. The highest BCUT2D eigenvalue weighted by atomic mass is 79.9. The van der Waals surface area contributed by atoms with Gasteiger partial charge in [0.1, 0.15) is 11.8 Å². The molecular weight excluding hydrogens is 260 g/mol. The van der Waals surface area contributed by atoms with Crippen molar-refractivity contribution in [1.29, 1.82) is 0 Å². The van der Waals surface area contributed by atoms with Crippen molar-refractivity contribution in [2.45, 2.75) is 13.0 Å². The molecule has 0 saturated heterocycles. The number of hydrogen-bond donors (Lipinski definition) is 1. The molecule has 4 nitrogen and oxygen atoms in total. The predicted molar refractivity (Wildman–Crippen MR) is 59.8 cm³/mol. The molecule has 1 atom stereocenters. The minimum Gasteiger partial charge on any atom is -0.439 e. The van der Waals surface area contributed by atoms with E-state index in [-0.39, 0.29) is 6.10 Å². The smallest absolute Gasteiger partial charge is 0.428 e. The minimum absolute atomic E-state index is 0.320. The van der Waals surface area contributed by atoms with Crippen molar-refractivity contribution < 1.29 is 9.53 Å². The molecule has 0 radical (unpaired) electrons. The van der Waals surface area contributed by atoms with Gasteiger partial charge in [0, 0.05) is 10.0 Å². The van der Waals surface area contributed by atoms with Gasteiger partial charge in [-0.2, -0.15) is 5.10 Å². The summed E-state index contributed by atoms with van der Waals surface area (Å²) < 4.78 is 5.99. The Morgan fingerprint density at radius 1 is 1.40 bits per heavy atom. The number of hydrogen-bond acceptors (Lipinski definition) is 3. The molecule has 1 aromatic carbocycles. The van der Waals surface area contributed by atoms with Crippen LogP contribution in [0.1, 0.15) is 12.5 Å². The van der Waals surface area contributed by atoms with Gasteiger partial charge in [-0.15, -0.1) is 0 Å². The van der Waals surface area contributed by atoms with Crippen molar-refractivity contribution in [1.82, 2.24) is 5.43 Å². The third-order valence-electron chi connectivity index (χ3n) is 2.08. The molecule has 2 rings (SSSR count). The van der Waals surface area contributed by atoms with Gasteiger partial charge in [-0.1, -0.05) is 28.1 Å². The second-order valence-corrected chi connectivity index (χ2v) is 4.08. The van der Waals surface area contributed by atoms with Crippen LogP contribution in [0.2, 0.25) is 0 Å². The first-order chi connectivity index (χ1) is 7.16. The Hall–Kier alpha value is -1.36. The molecule has 15 heavy (non-hydrogen) atoms. The first kappa shape index (κ1) is 10.2. The summed E-state index contributed by atoms with van der Waals surface area (Å²) in [4.78, 5) is 10.9. The number of rotatable bonds is 1. The maximum atomic E-state index is 10.9. The van der Waals surface area contributed by atoms with Crippen LogP contribution in [0.15, 0.2) is 33.8 Å². The lowest BCUT2D eigenvalue weighted by molar-refractivity contribution is 0.127. The van der Waals surface area contributed by atoms with Crippen LogP contribution >= 0.6 is 15.9 Å². The van der Waals surface area contributed by atoms with E-state index in [9.17, 15) is 4.79 Å². The van der Waals surface area contributed by atoms with E-state index in [4.69, 9.17) is 4.74 Å². The summed E-state index contributed by atoms with van der Waals surface area (Å²) in [5, 5.41) is 3.97. The summed E-state index contributed by atoms with van der Waals surface area (Å²) in [6.07, 6.45) is -0.830. The average molecular weight is 269 g/mol. The molecular formula is C10H9BrN2O2. The van der Waals surface area contributed by atoms with E-state index >= 15 is 0 Å². The van der Waals surface area contributed by atoms with Gasteiger partial charge < -0.3 is 4.74 Å². The van der Waals surface area contributed by atoms with E-state index in [0.29, 0.717) is 0 Å². The molecule has 0 aromatic heterocycles. The van der Waals surface area contributed by atoms with E-state index in [1.54, 1.807) is 6.92 Å². The normalized spacial score (nSPS) is 20.3. The van der Waals surface area contributed by atoms with Gasteiger partial charge in [-0.3, -0.25) is 0 Å². The molecule has 0 unspecified atom stereocenters. The number of carbonyl (C=O) groups is 1. The van der Waals surface area contributed by atoms with Crippen LogP contribution in [0.5, 0.6) is 0 Å². The maximum Gasteiger partial charge on any atom is 0.428 e. The molecule has 5 heteroatoms. The van der Waals surface area contributed by atoms with Gasteiger partial charge in [-0.25, -0.2) is 10.2 Å². The number of nitrogens with one attached hydrogen (secondary N) is 1. The van der Waals surface area contributed by atoms with Crippen LogP contribution < -0.4 is 5.43 Å². The Morgan fingerprint density at radius 3 is 2.67 bits per heavy atom. The second kappa shape index (κ2) is 4.02. The Morgan fingerprint density at radius 2 is 2.07 bits per heavy atom. The highest BCUT2D eigenvalue weighted by Gasteiger charge is 2.22. The van der Waals surface area contributed by atoms with E-state index < -0.39 is 6.09 Å². The number of amides is 1. The number of cyclic esters (lactones) is 1. The first-order valence-corrected chi connectivity index (χ1v) is 5.26. The van der Waals surface area contributed by atoms with Gasteiger partial charge in [0.2, 0.25) is 0 Å². The lowest BCUT2D eigenvalue weighted by atomic mass is 10.1. The van der Waals surface area contributed by atoms with Crippen LogP contribution in [0, 0.1) is 0 Å². The van der Waals surface area contributed by atoms with E-state index in [1.165, 1.54) is 0 Å². The van der Waals surface area contributed by atoms with E-state index in [2.05, 4.69) is 26.5 Å². The van der Waals surface area contributed by atoms with Crippen molar-refractivity contribution in [3.05, 3.63) is 34.3 Å². The Balaban J connectivity index is 2.31. The SMILES string of the molecule is C[C@H]1OC(=O)NN=C1c1ccc(Br)cc1. The van der Waals surface area contributed by atoms with E-state index in [1.807, 2.05) is 24.3 Å². The molecule has 0 spiro atoms. The van der Waals surface area contributed by atoms with Crippen molar-refractivity contribution in [3.8, 4) is 0 Å². The zero-order chi connectivity index (χ0) is 10.8. The fraction of sp³-hybridized carbons (Fsp3) is 0.200. The van der Waals surface area contributed by atoms with Crippen molar-refractivity contribution in [2.75, 3.05) is 0 Å². The van der Waals surface area contributed by atoms with Crippen molar-refractivity contribution >= 4 is 27.7 Å². The van der Waals surface area contributed by atoms with Gasteiger partial charge >= 0.3 is 6.09 Å². The molecule has 0 bridgehead atoms. The summed E-state index contributed by atoms with van der Waals surface area (Å²) in [5.74, 6) is 0. The lowest BCUT2D eigenvalue weighted by Gasteiger charge is -2.20. The number of halogens is 1. The first-order valence-electron chi connectivity index (χ1n) is 4.47. The molecule has 1 heterocycles. The molecule has 0 saturated carbocycles. The third kappa shape index (κ3) is 2.18. The fourth-order valence-electron chi connectivity index (χ4n) is 1.36. The molecule has 78 valence electrons. The van der Waals surface area contributed by atoms with Crippen LogP contribution in [0.25, 0.3) is 0 Å². The molecule has 1 aliphatic rings. The monoisotopic (exact) mass is 268 g/mol. The van der Waals surface area contributed by atoms with Gasteiger partial charge in [-0.05, 0) is 19.1 Å². The van der Waals surface area contributed by atoms with Gasteiger partial charge in [0.05, 0.1) is 0 Å². The van der Waals surface area contributed by atoms with E-state index in [0.717, 1.165) is 15.7 Å². The topological polar surface area (TPSA) is 50.7 Å². The summed E-state index contributed by atoms with van der Waals surface area (Å²) in [6, 6.07) is 7.67. The van der Waals surface area contributed by atoms with Crippen molar-refractivity contribution in [3.63, 3.8) is 0 Å². The fourth-order valence-corrected chi connectivity index (χ4v) is 1.62. The highest BCUT2D eigenvalue weighted by Crippen LogP contribution is 2.14. The maximum absolute atomic E-state index is 10.9. The standard InChI is InChI=1S/C10H9BrN2O2/c1-6-9(12-13-10(14)15-6)7-2-4-8(11)5-3-7/h2-6H,1H3,(H,13,14)/t6-/m1/s1. The zero-order valence-corrected chi connectivity index (χ0v) is 9.61. The average Bonchev–Trinajstić information content (AvgIpc) is 2.20. The van der Waals surface area contributed by atoms with Crippen LogP contribution in [-0.4, -0.2) is 17.9 Å². The molecule has 1 aromatic rings. The van der Waals surface area contributed by atoms with Gasteiger partial charge in [0.15, 0.2) is 0 Å². The summed E-state index contributed by atoms with van der Waals surface area (Å²) in [6.45, 7) is 1.79. The summed E-state index contributed by atoms with van der Waals surface area (Å²) >= 11 is 3.35. The highest BCUT2D eigenvalue weighted by molar-refractivity contribution is 9.10.